The second kappa shape index (κ2) is 9.71. The van der Waals surface area contributed by atoms with Gasteiger partial charge in [-0.25, -0.2) is 0 Å². The molecule has 1 aromatic rings. The Morgan fingerprint density at radius 1 is 1.22 bits per heavy atom. The number of esters is 1. The van der Waals surface area contributed by atoms with Crippen molar-refractivity contribution in [1.29, 1.82) is 0 Å². The van der Waals surface area contributed by atoms with Crippen molar-refractivity contribution in [2.45, 2.75) is 25.7 Å². The molecule has 0 atom stereocenters. The molecule has 8 heteroatoms. The van der Waals surface area contributed by atoms with Crippen molar-refractivity contribution in [3.05, 3.63) is 34.9 Å². The molecule has 0 aliphatic carbocycles. The predicted molar refractivity (Wildman–Crippen MR) is 100 cm³/mol. The highest BCUT2D eigenvalue weighted by atomic mass is 35.5. The summed E-state index contributed by atoms with van der Waals surface area (Å²) in [6, 6.07) is 7.27. The monoisotopic (exact) mass is 396 g/mol. The van der Waals surface area contributed by atoms with Crippen LogP contribution in [0.2, 0.25) is 5.02 Å². The van der Waals surface area contributed by atoms with Crippen LogP contribution in [0.4, 0.5) is 0 Å². The number of methoxy groups -OCH3 is 1. The largest absolute Gasteiger partial charge is 0.469 e. The van der Waals surface area contributed by atoms with Gasteiger partial charge in [0, 0.05) is 37.5 Å². The summed E-state index contributed by atoms with van der Waals surface area (Å²) < 4.78 is 4.56. The highest BCUT2D eigenvalue weighted by molar-refractivity contribution is 6.30. The van der Waals surface area contributed by atoms with Gasteiger partial charge in [-0.2, -0.15) is 0 Å². The van der Waals surface area contributed by atoms with E-state index in [4.69, 9.17) is 16.7 Å². The fourth-order valence-electron chi connectivity index (χ4n) is 3.19. The Hall–Kier alpha value is -2.12. The van der Waals surface area contributed by atoms with Gasteiger partial charge in [-0.3, -0.25) is 14.4 Å². The average Bonchev–Trinajstić information content (AvgIpc) is 2.63. The van der Waals surface area contributed by atoms with Gasteiger partial charge < -0.3 is 20.1 Å². The standard InChI is InChI=1S/C19H25ClN2O5/c1-27-17(25)4-2-3-16(24)22-12-19(13-22,18(26)21-9-10-23)11-14-5-7-15(20)8-6-14/h5-8,23H,2-4,9-13H2,1H3,(H,21,26). The summed E-state index contributed by atoms with van der Waals surface area (Å²) in [5.41, 5.74) is 0.234. The van der Waals surface area contributed by atoms with Crippen LogP contribution in [0.15, 0.2) is 24.3 Å². The number of ether oxygens (including phenoxy) is 1. The number of likely N-dealkylation sites (tertiary alicyclic amines) is 1. The smallest absolute Gasteiger partial charge is 0.305 e. The van der Waals surface area contributed by atoms with Crippen molar-refractivity contribution in [2.75, 3.05) is 33.4 Å². The molecule has 2 rings (SSSR count). The van der Waals surface area contributed by atoms with Gasteiger partial charge in [0.15, 0.2) is 0 Å². The molecular formula is C19H25ClN2O5. The van der Waals surface area contributed by atoms with Gasteiger partial charge in [0.1, 0.15) is 0 Å². The third-order valence-corrected chi connectivity index (χ3v) is 4.93. The summed E-state index contributed by atoms with van der Waals surface area (Å²) in [5.74, 6) is -0.599. The lowest BCUT2D eigenvalue weighted by molar-refractivity contribution is -0.153. The molecule has 148 valence electrons. The van der Waals surface area contributed by atoms with Gasteiger partial charge in [-0.05, 0) is 30.5 Å². The molecule has 27 heavy (non-hydrogen) atoms. The number of aliphatic hydroxyl groups excluding tert-OH is 1. The Morgan fingerprint density at radius 3 is 2.48 bits per heavy atom. The molecule has 1 aromatic carbocycles. The molecule has 0 aromatic heterocycles. The van der Waals surface area contributed by atoms with Gasteiger partial charge >= 0.3 is 5.97 Å². The fourth-order valence-corrected chi connectivity index (χ4v) is 3.32. The maximum absolute atomic E-state index is 12.6. The Kier molecular flexibility index (Phi) is 7.62. The molecule has 1 saturated heterocycles. The number of rotatable bonds is 9. The molecule has 0 bridgehead atoms. The van der Waals surface area contributed by atoms with Gasteiger partial charge in [0.2, 0.25) is 11.8 Å². The van der Waals surface area contributed by atoms with Crippen LogP contribution in [-0.4, -0.2) is 61.1 Å². The predicted octanol–water partition coefficient (Wildman–Crippen LogP) is 1.16. The van der Waals surface area contributed by atoms with E-state index in [9.17, 15) is 14.4 Å². The SMILES string of the molecule is COC(=O)CCCC(=O)N1CC(Cc2ccc(Cl)cc2)(C(=O)NCCO)C1. The average molecular weight is 397 g/mol. The zero-order valence-electron chi connectivity index (χ0n) is 15.4. The number of carbonyl (C=O) groups is 3. The third-order valence-electron chi connectivity index (χ3n) is 4.67. The molecule has 2 N–H and O–H groups in total. The topological polar surface area (TPSA) is 95.9 Å². The molecule has 0 spiro atoms. The van der Waals surface area contributed by atoms with Crippen molar-refractivity contribution in [2.24, 2.45) is 5.41 Å². The van der Waals surface area contributed by atoms with Crippen LogP contribution in [0.3, 0.4) is 0 Å². The molecule has 1 aliphatic heterocycles. The van der Waals surface area contributed by atoms with E-state index in [0.29, 0.717) is 31.0 Å². The summed E-state index contributed by atoms with van der Waals surface area (Å²) >= 11 is 5.91. The summed E-state index contributed by atoms with van der Waals surface area (Å²) in [6.07, 6.45) is 1.34. The molecule has 1 aliphatic rings. The second-order valence-electron chi connectivity index (χ2n) is 6.74. The lowest BCUT2D eigenvalue weighted by Gasteiger charge is -2.49. The first-order chi connectivity index (χ1) is 12.9. The van der Waals surface area contributed by atoms with Crippen molar-refractivity contribution >= 4 is 29.4 Å². The van der Waals surface area contributed by atoms with E-state index < -0.39 is 5.41 Å². The lowest BCUT2D eigenvalue weighted by atomic mass is 9.73. The van der Waals surface area contributed by atoms with Crippen LogP contribution in [0.1, 0.15) is 24.8 Å². The van der Waals surface area contributed by atoms with Crippen molar-refractivity contribution in [3.63, 3.8) is 0 Å². The van der Waals surface area contributed by atoms with Gasteiger partial charge in [-0.1, -0.05) is 23.7 Å². The van der Waals surface area contributed by atoms with E-state index >= 15 is 0 Å². The molecule has 0 radical (unpaired) electrons. The van der Waals surface area contributed by atoms with E-state index in [0.717, 1.165) is 5.56 Å². The lowest BCUT2D eigenvalue weighted by Crippen LogP contribution is -2.65. The van der Waals surface area contributed by atoms with Gasteiger partial charge in [0.05, 0.1) is 19.1 Å². The maximum Gasteiger partial charge on any atom is 0.305 e. The molecule has 1 fully saturated rings. The Morgan fingerprint density at radius 2 is 1.89 bits per heavy atom. The molecule has 0 saturated carbocycles. The van der Waals surface area contributed by atoms with Gasteiger partial charge in [-0.15, -0.1) is 0 Å². The Bertz CT molecular complexity index is 671. The minimum atomic E-state index is -0.721. The van der Waals surface area contributed by atoms with Crippen molar-refractivity contribution in [1.82, 2.24) is 10.2 Å². The quantitative estimate of drug-likeness (QED) is 0.611. The molecular weight excluding hydrogens is 372 g/mol. The van der Waals surface area contributed by atoms with Crippen LogP contribution in [0.25, 0.3) is 0 Å². The van der Waals surface area contributed by atoms with Crippen molar-refractivity contribution < 1.29 is 24.2 Å². The maximum atomic E-state index is 12.6. The summed E-state index contributed by atoms with van der Waals surface area (Å²) in [6.45, 7) is 0.654. The molecule has 0 unspecified atom stereocenters. The highest BCUT2D eigenvalue weighted by Gasteiger charge is 2.50. The Balaban J connectivity index is 1.97. The molecule has 2 amide bonds. The number of nitrogens with zero attached hydrogens (tertiary/aromatic N) is 1. The number of amides is 2. The van der Waals surface area contributed by atoms with E-state index in [2.05, 4.69) is 10.1 Å². The van der Waals surface area contributed by atoms with E-state index in [1.165, 1.54) is 7.11 Å². The summed E-state index contributed by atoms with van der Waals surface area (Å²) in [5, 5.41) is 12.3. The zero-order chi connectivity index (χ0) is 19.9. The normalized spacial score (nSPS) is 15.0. The van der Waals surface area contributed by atoms with Crippen LogP contribution in [0, 0.1) is 5.41 Å². The van der Waals surface area contributed by atoms with Crippen molar-refractivity contribution in [3.8, 4) is 0 Å². The zero-order valence-corrected chi connectivity index (χ0v) is 16.1. The number of halogens is 1. The van der Waals surface area contributed by atoms with E-state index in [1.54, 1.807) is 17.0 Å². The second-order valence-corrected chi connectivity index (χ2v) is 7.18. The minimum absolute atomic E-state index is 0.0828. The summed E-state index contributed by atoms with van der Waals surface area (Å²) in [4.78, 5) is 37.7. The highest BCUT2D eigenvalue weighted by Crippen LogP contribution is 2.35. The first-order valence-corrected chi connectivity index (χ1v) is 9.26. The van der Waals surface area contributed by atoms with Crippen LogP contribution in [-0.2, 0) is 25.5 Å². The van der Waals surface area contributed by atoms with E-state index in [-0.39, 0.29) is 43.8 Å². The van der Waals surface area contributed by atoms with E-state index in [1.807, 2.05) is 12.1 Å². The van der Waals surface area contributed by atoms with Crippen LogP contribution < -0.4 is 5.32 Å². The number of carbonyl (C=O) groups excluding carboxylic acids is 3. The number of hydrogen-bond donors (Lipinski definition) is 2. The number of aliphatic hydroxyl groups is 1. The van der Waals surface area contributed by atoms with Crippen LogP contribution >= 0.6 is 11.6 Å². The number of nitrogens with one attached hydrogen (secondary N) is 1. The molecule has 7 nitrogen and oxygen atoms in total. The minimum Gasteiger partial charge on any atom is -0.469 e. The van der Waals surface area contributed by atoms with Gasteiger partial charge in [0.25, 0.3) is 0 Å². The Labute approximate surface area is 163 Å². The fraction of sp³-hybridized carbons (Fsp3) is 0.526. The first kappa shape index (κ1) is 21.2. The van der Waals surface area contributed by atoms with Crippen LogP contribution in [0.5, 0.6) is 0 Å². The summed E-state index contributed by atoms with van der Waals surface area (Å²) in [7, 11) is 1.32. The third kappa shape index (κ3) is 5.68. The molecule has 1 heterocycles. The number of hydrogen-bond acceptors (Lipinski definition) is 5. The number of benzene rings is 1. The first-order valence-electron chi connectivity index (χ1n) is 8.88.